The van der Waals surface area contributed by atoms with E-state index in [1.807, 2.05) is 24.3 Å². The molecule has 92 valence electrons. The molecule has 2 aromatic rings. The van der Waals surface area contributed by atoms with Gasteiger partial charge in [-0.15, -0.1) is 0 Å². The second kappa shape index (κ2) is 4.61. The number of hydrogen-bond donors (Lipinski definition) is 0. The molecule has 2 heterocycles. The van der Waals surface area contributed by atoms with Crippen molar-refractivity contribution in [3.05, 3.63) is 63.0 Å². The number of halogens is 1. The summed E-state index contributed by atoms with van der Waals surface area (Å²) in [5, 5.41) is 0. The van der Waals surface area contributed by atoms with Crippen LogP contribution in [0, 0.1) is 0 Å². The number of pyridine rings is 1. The number of ether oxygens (including phenoxy) is 1. The smallest absolute Gasteiger partial charge is 0.264 e. The van der Waals surface area contributed by atoms with Crippen LogP contribution in [0.25, 0.3) is 0 Å². The molecule has 1 aromatic carbocycles. The van der Waals surface area contributed by atoms with Crippen LogP contribution in [-0.4, -0.2) is 10.7 Å². The fraction of sp³-hybridized carbons (Fsp3) is 0.214. The van der Waals surface area contributed by atoms with Crippen molar-refractivity contribution in [2.75, 3.05) is 0 Å². The van der Waals surface area contributed by atoms with Gasteiger partial charge in [-0.2, -0.15) is 0 Å². The van der Waals surface area contributed by atoms with Crippen LogP contribution in [0.1, 0.15) is 5.56 Å². The molecule has 0 fully saturated rings. The zero-order valence-electron chi connectivity index (χ0n) is 9.67. The minimum absolute atomic E-state index is 0.0166. The fourth-order valence-electron chi connectivity index (χ4n) is 2.23. The first-order valence-corrected chi connectivity index (χ1v) is 6.63. The number of fused-ring (bicyclic) bond motifs is 1. The topological polar surface area (TPSA) is 31.2 Å². The molecule has 0 bridgehead atoms. The Morgan fingerprint density at radius 2 is 2.11 bits per heavy atom. The summed E-state index contributed by atoms with van der Waals surface area (Å²) in [6.45, 7) is 0.576. The maximum absolute atomic E-state index is 11.9. The Bertz CT molecular complexity index is 611. The molecule has 1 aliphatic heterocycles. The third kappa shape index (κ3) is 2.08. The van der Waals surface area contributed by atoms with Gasteiger partial charge in [0.1, 0.15) is 11.9 Å². The highest BCUT2D eigenvalue weighted by Crippen LogP contribution is 2.28. The predicted molar refractivity (Wildman–Crippen MR) is 73.0 cm³/mol. The summed E-state index contributed by atoms with van der Waals surface area (Å²) in [7, 11) is 0. The first kappa shape index (κ1) is 11.5. The molecule has 1 atom stereocenters. The van der Waals surface area contributed by atoms with E-state index in [1.165, 1.54) is 5.56 Å². The lowest BCUT2D eigenvalue weighted by Crippen LogP contribution is -2.28. The van der Waals surface area contributed by atoms with Crippen LogP contribution in [0.3, 0.4) is 0 Å². The first-order valence-electron chi connectivity index (χ1n) is 5.83. The lowest BCUT2D eigenvalue weighted by atomic mass is 10.1. The number of hydrogen-bond acceptors (Lipinski definition) is 2. The van der Waals surface area contributed by atoms with Crippen LogP contribution in [0.15, 0.2) is 51.9 Å². The molecule has 0 radical (unpaired) electrons. The lowest BCUT2D eigenvalue weighted by molar-refractivity contribution is 0.207. The van der Waals surface area contributed by atoms with Gasteiger partial charge in [-0.05, 0) is 39.7 Å². The summed E-state index contributed by atoms with van der Waals surface area (Å²) in [5.41, 5.74) is 1.20. The molecule has 1 aliphatic rings. The molecule has 0 aliphatic carbocycles. The van der Waals surface area contributed by atoms with E-state index in [2.05, 4.69) is 22.0 Å². The lowest BCUT2D eigenvalue weighted by Gasteiger charge is -2.12. The van der Waals surface area contributed by atoms with E-state index in [1.54, 1.807) is 16.8 Å². The average Bonchev–Trinajstić information content (AvgIpc) is 2.77. The van der Waals surface area contributed by atoms with E-state index < -0.39 is 0 Å². The van der Waals surface area contributed by atoms with Crippen LogP contribution >= 0.6 is 15.9 Å². The van der Waals surface area contributed by atoms with Crippen molar-refractivity contribution < 1.29 is 4.74 Å². The number of para-hydroxylation sites is 1. The molecular weight excluding hydrogens is 294 g/mol. The molecule has 18 heavy (non-hydrogen) atoms. The molecule has 0 spiro atoms. The van der Waals surface area contributed by atoms with Crippen LogP contribution in [0.2, 0.25) is 0 Å². The number of rotatable bonds is 2. The largest absolute Gasteiger partial charge is 0.488 e. The first-order chi connectivity index (χ1) is 8.74. The minimum atomic E-state index is -0.0166. The van der Waals surface area contributed by atoms with E-state index in [0.717, 1.165) is 12.2 Å². The summed E-state index contributed by atoms with van der Waals surface area (Å²) >= 11 is 3.25. The van der Waals surface area contributed by atoms with E-state index in [-0.39, 0.29) is 11.7 Å². The van der Waals surface area contributed by atoms with Gasteiger partial charge in [0, 0.05) is 12.6 Å². The zero-order valence-corrected chi connectivity index (χ0v) is 11.3. The predicted octanol–water partition coefficient (Wildman–Crippen LogP) is 2.61. The molecule has 3 rings (SSSR count). The van der Waals surface area contributed by atoms with Gasteiger partial charge in [0.15, 0.2) is 0 Å². The van der Waals surface area contributed by atoms with E-state index in [0.29, 0.717) is 11.0 Å². The monoisotopic (exact) mass is 305 g/mol. The molecule has 0 amide bonds. The second-order valence-electron chi connectivity index (χ2n) is 4.37. The molecule has 3 nitrogen and oxygen atoms in total. The van der Waals surface area contributed by atoms with Crippen LogP contribution in [0.5, 0.6) is 5.75 Å². The number of aromatic nitrogens is 1. The van der Waals surface area contributed by atoms with Crippen molar-refractivity contribution in [1.29, 1.82) is 0 Å². The second-order valence-corrected chi connectivity index (χ2v) is 5.22. The van der Waals surface area contributed by atoms with Gasteiger partial charge in [0.05, 0.1) is 11.0 Å². The van der Waals surface area contributed by atoms with Gasteiger partial charge in [0.25, 0.3) is 5.56 Å². The SMILES string of the molecule is O=c1c(Br)cccn1CC1Cc2ccccc2O1. The van der Waals surface area contributed by atoms with E-state index >= 15 is 0 Å². The molecule has 0 saturated heterocycles. The average molecular weight is 306 g/mol. The van der Waals surface area contributed by atoms with Crippen molar-refractivity contribution in [3.63, 3.8) is 0 Å². The van der Waals surface area contributed by atoms with Gasteiger partial charge in [-0.1, -0.05) is 18.2 Å². The third-order valence-corrected chi connectivity index (χ3v) is 3.69. The van der Waals surface area contributed by atoms with Gasteiger partial charge < -0.3 is 9.30 Å². The number of nitrogens with zero attached hydrogens (tertiary/aromatic N) is 1. The number of benzene rings is 1. The van der Waals surface area contributed by atoms with Gasteiger partial charge in [-0.25, -0.2) is 0 Å². The quantitative estimate of drug-likeness (QED) is 0.854. The Morgan fingerprint density at radius 3 is 2.94 bits per heavy atom. The zero-order chi connectivity index (χ0) is 12.5. The molecule has 4 heteroatoms. The van der Waals surface area contributed by atoms with Crippen molar-refractivity contribution in [3.8, 4) is 5.75 Å². The van der Waals surface area contributed by atoms with Gasteiger partial charge >= 0.3 is 0 Å². The summed E-state index contributed by atoms with van der Waals surface area (Å²) in [6, 6.07) is 11.6. The Morgan fingerprint density at radius 1 is 1.28 bits per heavy atom. The highest BCUT2D eigenvalue weighted by Gasteiger charge is 2.22. The van der Waals surface area contributed by atoms with Crippen LogP contribution in [-0.2, 0) is 13.0 Å². The Labute approximate surface area is 113 Å². The molecule has 1 unspecified atom stereocenters. The van der Waals surface area contributed by atoms with Crippen molar-refractivity contribution >= 4 is 15.9 Å². The van der Waals surface area contributed by atoms with Gasteiger partial charge in [-0.3, -0.25) is 4.79 Å². The Kier molecular flexibility index (Phi) is 2.96. The molecule has 0 N–H and O–H groups in total. The van der Waals surface area contributed by atoms with Crippen molar-refractivity contribution in [2.45, 2.75) is 19.1 Å². The maximum Gasteiger partial charge on any atom is 0.264 e. The highest BCUT2D eigenvalue weighted by atomic mass is 79.9. The maximum atomic E-state index is 11.9. The Balaban J connectivity index is 1.80. The van der Waals surface area contributed by atoms with Crippen molar-refractivity contribution in [2.24, 2.45) is 0 Å². The summed E-state index contributed by atoms with van der Waals surface area (Å²) in [4.78, 5) is 11.9. The van der Waals surface area contributed by atoms with Crippen LogP contribution in [0.4, 0.5) is 0 Å². The van der Waals surface area contributed by atoms with E-state index in [4.69, 9.17) is 4.74 Å². The molecule has 1 aromatic heterocycles. The standard InChI is InChI=1S/C14H12BrNO2/c15-12-5-3-7-16(14(12)17)9-11-8-10-4-1-2-6-13(10)18-11/h1-7,11H,8-9H2. The fourth-order valence-corrected chi connectivity index (χ4v) is 2.61. The van der Waals surface area contributed by atoms with Gasteiger partial charge in [0.2, 0.25) is 0 Å². The molecular formula is C14H12BrNO2. The third-order valence-electron chi connectivity index (χ3n) is 3.09. The summed E-state index contributed by atoms with van der Waals surface area (Å²) < 4.78 is 8.10. The highest BCUT2D eigenvalue weighted by molar-refractivity contribution is 9.10. The molecule has 0 saturated carbocycles. The normalized spacial score (nSPS) is 17.3. The van der Waals surface area contributed by atoms with Crippen molar-refractivity contribution in [1.82, 2.24) is 4.57 Å². The summed E-state index contributed by atoms with van der Waals surface area (Å²) in [5.74, 6) is 0.936. The Hall–Kier alpha value is -1.55. The summed E-state index contributed by atoms with van der Waals surface area (Å²) in [6.07, 6.45) is 2.68. The van der Waals surface area contributed by atoms with Crippen LogP contribution < -0.4 is 10.3 Å². The van der Waals surface area contributed by atoms with E-state index in [9.17, 15) is 4.79 Å². The minimum Gasteiger partial charge on any atom is -0.488 e.